The molecule has 0 aromatic heterocycles. The first kappa shape index (κ1) is 11.4. The topological polar surface area (TPSA) is 65.3 Å². The number of azo groups is 1. The van der Waals surface area contributed by atoms with E-state index in [2.05, 4.69) is 10.2 Å². The van der Waals surface area contributed by atoms with Crippen LogP contribution >= 0.6 is 0 Å². The minimum Gasteiger partial charge on any atom is -0.305 e. The lowest BCUT2D eigenvalue weighted by Gasteiger charge is -2.13. The number of hydrogen-bond donors (Lipinski definition) is 0. The van der Waals surface area contributed by atoms with Crippen molar-refractivity contribution >= 4 is 17.7 Å². The maximum absolute atomic E-state index is 11.3. The van der Waals surface area contributed by atoms with Gasteiger partial charge in [0.1, 0.15) is 0 Å². The van der Waals surface area contributed by atoms with E-state index in [-0.39, 0.29) is 0 Å². The number of urea groups is 2. The summed E-state index contributed by atoms with van der Waals surface area (Å²) in [4.78, 5) is 25.5. The van der Waals surface area contributed by atoms with Gasteiger partial charge in [0.15, 0.2) is 0 Å². The number of imide groups is 1. The largest absolute Gasteiger partial charge is 0.375 e. The van der Waals surface area contributed by atoms with Crippen LogP contribution < -0.4 is 4.90 Å². The van der Waals surface area contributed by atoms with E-state index in [4.69, 9.17) is 0 Å². The van der Waals surface area contributed by atoms with Gasteiger partial charge in [-0.2, -0.15) is 0 Å². The van der Waals surface area contributed by atoms with E-state index in [0.29, 0.717) is 5.69 Å². The second kappa shape index (κ2) is 4.42. The minimum atomic E-state index is -0.643. The summed E-state index contributed by atoms with van der Waals surface area (Å²) in [6, 6.07) is 5.88. The first-order valence-electron chi connectivity index (χ1n) is 5.11. The van der Waals surface area contributed by atoms with Gasteiger partial charge >= 0.3 is 12.1 Å². The van der Waals surface area contributed by atoms with Crippen LogP contribution in [0.3, 0.4) is 0 Å². The SMILES string of the molecule is CN(C)Cc1ccc(N2C(=O)N=NC2=O)cc1. The summed E-state index contributed by atoms with van der Waals surface area (Å²) >= 11 is 0. The zero-order chi connectivity index (χ0) is 12.4. The second-order valence-electron chi connectivity index (χ2n) is 4.00. The Morgan fingerprint density at radius 3 is 2.06 bits per heavy atom. The summed E-state index contributed by atoms with van der Waals surface area (Å²) < 4.78 is 0. The lowest BCUT2D eigenvalue weighted by molar-refractivity contribution is 0.249. The lowest BCUT2D eigenvalue weighted by atomic mass is 10.2. The highest BCUT2D eigenvalue weighted by Crippen LogP contribution is 2.21. The molecular formula is C11H12N4O2. The molecule has 0 radical (unpaired) electrons. The fourth-order valence-corrected chi connectivity index (χ4v) is 1.59. The normalized spacial score (nSPS) is 15.1. The Hall–Kier alpha value is -2.08. The maximum atomic E-state index is 11.3. The van der Waals surface area contributed by atoms with Crippen molar-refractivity contribution in [3.63, 3.8) is 0 Å². The van der Waals surface area contributed by atoms with E-state index in [0.717, 1.165) is 17.0 Å². The van der Waals surface area contributed by atoms with Crippen molar-refractivity contribution in [2.24, 2.45) is 10.2 Å². The van der Waals surface area contributed by atoms with Gasteiger partial charge in [-0.1, -0.05) is 22.4 Å². The first-order chi connectivity index (χ1) is 8.08. The van der Waals surface area contributed by atoms with Crippen LogP contribution in [-0.2, 0) is 6.54 Å². The number of benzene rings is 1. The number of carbonyl (C=O) groups is 2. The standard InChI is InChI=1S/C11H12N4O2/c1-14(2)7-8-3-5-9(6-4-8)15-10(16)12-13-11(15)17/h3-6H,7H2,1-2H3. The molecule has 4 amide bonds. The Balaban J connectivity index is 2.18. The number of anilines is 1. The molecule has 0 saturated carbocycles. The molecule has 0 atom stereocenters. The van der Waals surface area contributed by atoms with Crippen molar-refractivity contribution in [3.05, 3.63) is 29.8 Å². The first-order valence-corrected chi connectivity index (χ1v) is 5.11. The highest BCUT2D eigenvalue weighted by Gasteiger charge is 2.28. The average Bonchev–Trinajstić information content (AvgIpc) is 2.59. The summed E-state index contributed by atoms with van der Waals surface area (Å²) in [5.74, 6) is 0. The second-order valence-corrected chi connectivity index (χ2v) is 4.00. The summed E-state index contributed by atoms with van der Waals surface area (Å²) in [5.41, 5.74) is 1.60. The third-order valence-corrected chi connectivity index (χ3v) is 2.30. The van der Waals surface area contributed by atoms with Crippen LogP contribution in [0.2, 0.25) is 0 Å². The molecule has 17 heavy (non-hydrogen) atoms. The predicted molar refractivity (Wildman–Crippen MR) is 62.0 cm³/mol. The van der Waals surface area contributed by atoms with Gasteiger partial charge in [0.2, 0.25) is 0 Å². The van der Waals surface area contributed by atoms with Gasteiger partial charge in [0.05, 0.1) is 5.69 Å². The Morgan fingerprint density at radius 1 is 1.06 bits per heavy atom. The monoisotopic (exact) mass is 232 g/mol. The molecule has 0 saturated heterocycles. The molecule has 88 valence electrons. The van der Waals surface area contributed by atoms with Crippen molar-refractivity contribution in [2.75, 3.05) is 19.0 Å². The molecule has 0 N–H and O–H groups in total. The van der Waals surface area contributed by atoms with Crippen LogP contribution in [-0.4, -0.2) is 31.1 Å². The number of nitrogens with zero attached hydrogens (tertiary/aromatic N) is 4. The molecule has 0 fully saturated rings. The fourth-order valence-electron chi connectivity index (χ4n) is 1.59. The van der Waals surface area contributed by atoms with Crippen LogP contribution in [0.1, 0.15) is 5.56 Å². The molecule has 0 unspecified atom stereocenters. The van der Waals surface area contributed by atoms with E-state index in [1.807, 2.05) is 31.1 Å². The minimum absolute atomic E-state index is 0.493. The Morgan fingerprint density at radius 2 is 1.59 bits per heavy atom. The molecule has 2 rings (SSSR count). The third kappa shape index (κ3) is 2.36. The molecule has 0 spiro atoms. The summed E-state index contributed by atoms with van der Waals surface area (Å²) in [5, 5.41) is 6.40. The van der Waals surface area contributed by atoms with Gasteiger partial charge in [-0.25, -0.2) is 14.5 Å². The van der Waals surface area contributed by atoms with Crippen LogP contribution in [0.4, 0.5) is 15.3 Å². The maximum Gasteiger partial charge on any atom is 0.375 e. The van der Waals surface area contributed by atoms with Crippen molar-refractivity contribution in [3.8, 4) is 0 Å². The molecule has 1 aliphatic heterocycles. The average molecular weight is 232 g/mol. The lowest BCUT2D eigenvalue weighted by Crippen LogP contribution is -2.27. The summed E-state index contributed by atoms with van der Waals surface area (Å²) in [7, 11) is 3.94. The van der Waals surface area contributed by atoms with Crippen LogP contribution in [0, 0.1) is 0 Å². The quantitative estimate of drug-likeness (QED) is 0.802. The Kier molecular flexibility index (Phi) is 2.97. The van der Waals surface area contributed by atoms with Gasteiger partial charge in [-0.15, -0.1) is 0 Å². The molecule has 0 bridgehead atoms. The smallest absolute Gasteiger partial charge is 0.305 e. The van der Waals surface area contributed by atoms with E-state index in [1.165, 1.54) is 0 Å². The molecule has 6 heteroatoms. The highest BCUT2D eigenvalue weighted by atomic mass is 16.2. The summed E-state index contributed by atoms with van der Waals surface area (Å²) in [6.45, 7) is 0.803. The molecule has 1 heterocycles. The van der Waals surface area contributed by atoms with E-state index < -0.39 is 12.1 Å². The summed E-state index contributed by atoms with van der Waals surface area (Å²) in [6.07, 6.45) is 0. The molecular weight excluding hydrogens is 220 g/mol. The number of carbonyl (C=O) groups excluding carboxylic acids is 2. The molecule has 1 aromatic rings. The zero-order valence-electron chi connectivity index (χ0n) is 9.62. The number of hydrogen-bond acceptors (Lipinski definition) is 3. The third-order valence-electron chi connectivity index (χ3n) is 2.30. The van der Waals surface area contributed by atoms with E-state index in [9.17, 15) is 9.59 Å². The highest BCUT2D eigenvalue weighted by molar-refractivity contribution is 6.17. The Labute approximate surface area is 98.5 Å². The van der Waals surface area contributed by atoms with Crippen LogP contribution in [0.15, 0.2) is 34.5 Å². The van der Waals surface area contributed by atoms with Gasteiger partial charge in [-0.3, -0.25) is 0 Å². The van der Waals surface area contributed by atoms with Crippen molar-refractivity contribution < 1.29 is 9.59 Å². The van der Waals surface area contributed by atoms with Gasteiger partial charge in [-0.05, 0) is 31.8 Å². The van der Waals surface area contributed by atoms with Gasteiger partial charge in [0.25, 0.3) is 0 Å². The molecule has 0 aliphatic carbocycles. The molecule has 1 aromatic carbocycles. The van der Waals surface area contributed by atoms with Crippen molar-refractivity contribution in [1.29, 1.82) is 0 Å². The van der Waals surface area contributed by atoms with E-state index >= 15 is 0 Å². The van der Waals surface area contributed by atoms with Crippen LogP contribution in [0.5, 0.6) is 0 Å². The van der Waals surface area contributed by atoms with Gasteiger partial charge < -0.3 is 4.90 Å². The number of amides is 4. The molecule has 6 nitrogen and oxygen atoms in total. The predicted octanol–water partition coefficient (Wildman–Crippen LogP) is 2.26. The zero-order valence-corrected chi connectivity index (χ0v) is 9.62. The van der Waals surface area contributed by atoms with Crippen molar-refractivity contribution in [2.45, 2.75) is 6.54 Å². The Bertz CT molecular complexity index is 461. The molecule has 1 aliphatic rings. The number of rotatable bonds is 3. The van der Waals surface area contributed by atoms with E-state index in [1.54, 1.807) is 12.1 Å². The fraction of sp³-hybridized carbons (Fsp3) is 0.273. The van der Waals surface area contributed by atoms with Crippen molar-refractivity contribution in [1.82, 2.24) is 4.90 Å². The van der Waals surface area contributed by atoms with Gasteiger partial charge in [0, 0.05) is 6.54 Å². The van der Waals surface area contributed by atoms with Crippen LogP contribution in [0.25, 0.3) is 0 Å².